The number of aliphatic hydroxyl groups excluding tert-OH is 1. The Bertz CT molecular complexity index is 240. The second-order valence-electron chi connectivity index (χ2n) is 4.51. The van der Waals surface area contributed by atoms with E-state index in [0.29, 0.717) is 0 Å². The van der Waals surface area contributed by atoms with Crippen LogP contribution in [0.15, 0.2) is 0 Å². The van der Waals surface area contributed by atoms with Crippen LogP contribution in [0.25, 0.3) is 0 Å². The van der Waals surface area contributed by atoms with E-state index in [0.717, 1.165) is 0 Å². The van der Waals surface area contributed by atoms with Gasteiger partial charge in [0.2, 0.25) is 0 Å². The maximum atomic E-state index is 9.57. The van der Waals surface area contributed by atoms with E-state index in [9.17, 15) is 5.11 Å². The standard InChI is InChI=1S/C10H18O5/c1-5(11)6-7-8(9(12-4)13-6)15-10(2,3)14-7/h5-9,11H,1-4H3/t5-,6-,7-,8-,9?/m1/s1. The number of aliphatic hydroxyl groups is 1. The molecule has 5 nitrogen and oxygen atoms in total. The van der Waals surface area contributed by atoms with E-state index in [-0.39, 0.29) is 18.3 Å². The van der Waals surface area contributed by atoms with E-state index in [1.807, 2.05) is 13.8 Å². The van der Waals surface area contributed by atoms with Crippen LogP contribution in [0.2, 0.25) is 0 Å². The third-order valence-corrected chi connectivity index (χ3v) is 2.75. The molecular weight excluding hydrogens is 200 g/mol. The van der Waals surface area contributed by atoms with Gasteiger partial charge in [-0.15, -0.1) is 0 Å². The fourth-order valence-corrected chi connectivity index (χ4v) is 2.17. The van der Waals surface area contributed by atoms with Crippen LogP contribution < -0.4 is 0 Å². The quantitative estimate of drug-likeness (QED) is 0.720. The maximum Gasteiger partial charge on any atom is 0.186 e. The maximum absolute atomic E-state index is 9.57. The minimum atomic E-state index is -0.636. The van der Waals surface area contributed by atoms with Crippen molar-refractivity contribution < 1.29 is 24.1 Å². The SMILES string of the molecule is COC1O[C@H]([C@@H](C)O)[C@H]2OC(C)(C)O[C@@H]12. The van der Waals surface area contributed by atoms with Crippen LogP contribution in [0.4, 0.5) is 0 Å². The second kappa shape index (κ2) is 3.68. The van der Waals surface area contributed by atoms with Crippen LogP contribution in [0.1, 0.15) is 20.8 Å². The Morgan fingerprint density at radius 1 is 1.27 bits per heavy atom. The lowest BCUT2D eigenvalue weighted by Crippen LogP contribution is -2.36. The van der Waals surface area contributed by atoms with Crippen molar-refractivity contribution in [3.05, 3.63) is 0 Å². The molecule has 88 valence electrons. The number of hydrogen-bond acceptors (Lipinski definition) is 5. The average molecular weight is 218 g/mol. The predicted octanol–water partition coefficient (Wildman–Crippen LogP) is 0.259. The van der Waals surface area contributed by atoms with E-state index < -0.39 is 18.2 Å². The molecule has 2 fully saturated rings. The van der Waals surface area contributed by atoms with Gasteiger partial charge in [-0.25, -0.2) is 0 Å². The predicted molar refractivity (Wildman–Crippen MR) is 51.2 cm³/mol. The summed E-state index contributed by atoms with van der Waals surface area (Å²) in [5.74, 6) is -0.636. The van der Waals surface area contributed by atoms with Crippen molar-refractivity contribution in [1.29, 1.82) is 0 Å². The lowest BCUT2D eigenvalue weighted by Gasteiger charge is -2.24. The van der Waals surface area contributed by atoms with Crippen molar-refractivity contribution >= 4 is 0 Å². The van der Waals surface area contributed by atoms with Crippen molar-refractivity contribution in [2.75, 3.05) is 7.11 Å². The molecular formula is C10H18O5. The molecule has 2 rings (SSSR count). The number of rotatable bonds is 2. The molecule has 5 atom stereocenters. The zero-order chi connectivity index (χ0) is 11.2. The van der Waals surface area contributed by atoms with Crippen LogP contribution in [0.5, 0.6) is 0 Å². The fraction of sp³-hybridized carbons (Fsp3) is 1.00. The minimum Gasteiger partial charge on any atom is -0.391 e. The average Bonchev–Trinajstić information content (AvgIpc) is 2.57. The van der Waals surface area contributed by atoms with Gasteiger partial charge in [0, 0.05) is 7.11 Å². The molecule has 0 aromatic rings. The third-order valence-electron chi connectivity index (χ3n) is 2.75. The zero-order valence-corrected chi connectivity index (χ0v) is 9.47. The largest absolute Gasteiger partial charge is 0.391 e. The first-order chi connectivity index (χ1) is 6.94. The van der Waals surface area contributed by atoms with Gasteiger partial charge < -0.3 is 24.1 Å². The van der Waals surface area contributed by atoms with Gasteiger partial charge >= 0.3 is 0 Å². The first-order valence-electron chi connectivity index (χ1n) is 5.16. The van der Waals surface area contributed by atoms with Gasteiger partial charge in [0.15, 0.2) is 12.1 Å². The molecule has 2 heterocycles. The Balaban J connectivity index is 2.15. The topological polar surface area (TPSA) is 57.2 Å². The number of hydrogen-bond donors (Lipinski definition) is 1. The van der Waals surface area contributed by atoms with Gasteiger partial charge in [-0.05, 0) is 20.8 Å². The lowest BCUT2D eigenvalue weighted by atomic mass is 10.1. The molecule has 15 heavy (non-hydrogen) atoms. The summed E-state index contributed by atoms with van der Waals surface area (Å²) in [5.41, 5.74) is 0. The number of methoxy groups -OCH3 is 1. The highest BCUT2D eigenvalue weighted by Crippen LogP contribution is 2.39. The minimum absolute atomic E-state index is 0.259. The highest BCUT2D eigenvalue weighted by atomic mass is 16.8. The fourth-order valence-electron chi connectivity index (χ4n) is 2.17. The Morgan fingerprint density at radius 3 is 2.40 bits per heavy atom. The lowest BCUT2D eigenvalue weighted by molar-refractivity contribution is -0.235. The Labute approximate surface area is 89.3 Å². The van der Waals surface area contributed by atoms with Crippen molar-refractivity contribution in [1.82, 2.24) is 0 Å². The monoisotopic (exact) mass is 218 g/mol. The number of fused-ring (bicyclic) bond motifs is 1. The molecule has 5 heteroatoms. The van der Waals surface area contributed by atoms with E-state index in [1.165, 1.54) is 0 Å². The molecule has 0 radical (unpaired) electrons. The highest BCUT2D eigenvalue weighted by Gasteiger charge is 2.56. The molecule has 0 saturated carbocycles. The van der Waals surface area contributed by atoms with Crippen molar-refractivity contribution in [3.8, 4) is 0 Å². The summed E-state index contributed by atoms with van der Waals surface area (Å²) in [6.45, 7) is 5.36. The molecule has 0 aliphatic carbocycles. The van der Waals surface area contributed by atoms with Gasteiger partial charge in [0.1, 0.15) is 18.3 Å². The van der Waals surface area contributed by atoms with Crippen LogP contribution in [-0.2, 0) is 18.9 Å². The van der Waals surface area contributed by atoms with E-state index in [1.54, 1.807) is 14.0 Å². The summed E-state index contributed by atoms with van der Waals surface area (Å²) < 4.78 is 22.0. The molecule has 1 unspecified atom stereocenters. The second-order valence-corrected chi connectivity index (χ2v) is 4.51. The Morgan fingerprint density at radius 2 is 1.87 bits per heavy atom. The van der Waals surface area contributed by atoms with Gasteiger partial charge in [-0.2, -0.15) is 0 Å². The van der Waals surface area contributed by atoms with Crippen LogP contribution in [-0.4, -0.2) is 48.7 Å². The summed E-state index contributed by atoms with van der Waals surface area (Å²) in [5, 5.41) is 9.57. The summed E-state index contributed by atoms with van der Waals surface area (Å²) >= 11 is 0. The molecule has 0 aromatic heterocycles. The van der Waals surface area contributed by atoms with Crippen LogP contribution in [0, 0.1) is 0 Å². The van der Waals surface area contributed by atoms with Crippen molar-refractivity contribution in [2.45, 2.75) is 57.3 Å². The van der Waals surface area contributed by atoms with E-state index in [2.05, 4.69) is 0 Å². The highest BCUT2D eigenvalue weighted by molar-refractivity contribution is 4.96. The molecule has 0 bridgehead atoms. The number of ether oxygens (including phenoxy) is 4. The molecule has 2 aliphatic heterocycles. The van der Waals surface area contributed by atoms with Gasteiger partial charge in [0.05, 0.1) is 6.10 Å². The van der Waals surface area contributed by atoms with E-state index in [4.69, 9.17) is 18.9 Å². The molecule has 0 spiro atoms. The molecule has 0 aromatic carbocycles. The Hall–Kier alpha value is -0.200. The Kier molecular flexibility index (Phi) is 2.77. The van der Waals surface area contributed by atoms with Crippen LogP contribution in [0.3, 0.4) is 0 Å². The van der Waals surface area contributed by atoms with Gasteiger partial charge in [-0.1, -0.05) is 0 Å². The summed E-state index contributed by atoms with van der Waals surface area (Å²) in [6.07, 6.45) is -1.97. The van der Waals surface area contributed by atoms with Crippen molar-refractivity contribution in [2.24, 2.45) is 0 Å². The molecule has 2 saturated heterocycles. The molecule has 0 amide bonds. The third kappa shape index (κ3) is 1.90. The molecule has 1 N–H and O–H groups in total. The summed E-state index contributed by atoms with van der Waals surface area (Å²) in [4.78, 5) is 0. The normalized spacial score (nSPS) is 45.4. The van der Waals surface area contributed by atoms with E-state index >= 15 is 0 Å². The smallest absolute Gasteiger partial charge is 0.186 e. The van der Waals surface area contributed by atoms with Gasteiger partial charge in [0.25, 0.3) is 0 Å². The first kappa shape index (κ1) is 11.3. The van der Waals surface area contributed by atoms with Crippen molar-refractivity contribution in [3.63, 3.8) is 0 Å². The first-order valence-corrected chi connectivity index (χ1v) is 5.16. The molecule has 2 aliphatic rings. The summed E-state index contributed by atoms with van der Waals surface area (Å²) in [6, 6.07) is 0. The van der Waals surface area contributed by atoms with Gasteiger partial charge in [-0.3, -0.25) is 0 Å². The van der Waals surface area contributed by atoms with Crippen LogP contribution >= 0.6 is 0 Å². The zero-order valence-electron chi connectivity index (χ0n) is 9.47. The summed E-state index contributed by atoms with van der Waals surface area (Å²) in [7, 11) is 1.56.